The smallest absolute Gasteiger partial charge is 0.326 e. The quantitative estimate of drug-likeness (QED) is 0.729. The Labute approximate surface area is 142 Å². The molecule has 0 saturated heterocycles. The molecule has 1 aromatic carbocycles. The summed E-state index contributed by atoms with van der Waals surface area (Å²) in [5.41, 5.74) is 0. The molecule has 1 aliphatic heterocycles. The van der Waals surface area contributed by atoms with Gasteiger partial charge in [0.1, 0.15) is 19.3 Å². The highest BCUT2D eigenvalue weighted by molar-refractivity contribution is 7.85. The first kappa shape index (κ1) is 18.3. The molecule has 0 radical (unpaired) electrons. The molecule has 2 N–H and O–H groups in total. The topological polar surface area (TPSA) is 102 Å². The molecular formula is C16H21NO6S. The molecule has 0 spiro atoms. The molecular weight excluding hydrogens is 334 g/mol. The van der Waals surface area contributed by atoms with Crippen LogP contribution < -0.4 is 14.8 Å². The molecule has 0 aromatic heterocycles. The van der Waals surface area contributed by atoms with E-state index in [1.165, 1.54) is 0 Å². The average molecular weight is 355 g/mol. The van der Waals surface area contributed by atoms with E-state index >= 15 is 0 Å². The molecule has 132 valence electrons. The third-order valence-electron chi connectivity index (χ3n) is 3.50. The Bertz CT molecular complexity index is 633. The number of carbonyl (C=O) groups excluding carboxylic acids is 1. The molecule has 0 bridgehead atoms. The molecule has 2 unspecified atom stereocenters. The van der Waals surface area contributed by atoms with Crippen LogP contribution in [0, 0.1) is 0 Å². The number of aliphatic carboxylic acids is 1. The Morgan fingerprint density at radius 1 is 1.29 bits per heavy atom. The predicted molar refractivity (Wildman–Crippen MR) is 87.8 cm³/mol. The number of hydrogen-bond acceptors (Lipinski definition) is 5. The molecule has 0 saturated carbocycles. The third-order valence-corrected chi connectivity index (χ3v) is 4.86. The summed E-state index contributed by atoms with van der Waals surface area (Å²) in [6, 6.07) is 4.13. The lowest BCUT2D eigenvalue weighted by atomic mass is 10.1. The van der Waals surface area contributed by atoms with Gasteiger partial charge in [0.15, 0.2) is 11.5 Å². The van der Waals surface area contributed by atoms with Gasteiger partial charge in [-0.25, -0.2) is 4.79 Å². The number of fused-ring (bicyclic) bond motifs is 1. The highest BCUT2D eigenvalue weighted by atomic mass is 32.2. The van der Waals surface area contributed by atoms with Crippen LogP contribution in [0.15, 0.2) is 23.1 Å². The molecule has 1 amide bonds. The van der Waals surface area contributed by atoms with Gasteiger partial charge < -0.3 is 19.9 Å². The summed E-state index contributed by atoms with van der Waals surface area (Å²) in [5.74, 6) is -0.196. The van der Waals surface area contributed by atoms with Crippen LogP contribution in [0.4, 0.5) is 0 Å². The van der Waals surface area contributed by atoms with Crippen molar-refractivity contribution < 1.29 is 28.4 Å². The van der Waals surface area contributed by atoms with E-state index in [0.29, 0.717) is 42.4 Å². The monoisotopic (exact) mass is 355 g/mol. The number of ether oxygens (including phenoxy) is 2. The summed E-state index contributed by atoms with van der Waals surface area (Å²) >= 11 is 0. The van der Waals surface area contributed by atoms with Crippen molar-refractivity contribution in [2.45, 2.75) is 37.1 Å². The second-order valence-corrected chi connectivity index (χ2v) is 6.92. The van der Waals surface area contributed by atoms with Gasteiger partial charge in [-0.3, -0.25) is 9.00 Å². The molecule has 7 nitrogen and oxygen atoms in total. The van der Waals surface area contributed by atoms with Crippen molar-refractivity contribution in [2.75, 3.05) is 19.0 Å². The van der Waals surface area contributed by atoms with E-state index in [1.807, 2.05) is 6.92 Å². The summed E-state index contributed by atoms with van der Waals surface area (Å²) in [5, 5.41) is 11.5. The van der Waals surface area contributed by atoms with Gasteiger partial charge in [0, 0.05) is 23.1 Å². The van der Waals surface area contributed by atoms with Gasteiger partial charge in [-0.2, -0.15) is 0 Å². The molecule has 8 heteroatoms. The largest absolute Gasteiger partial charge is 0.486 e. The van der Waals surface area contributed by atoms with Gasteiger partial charge in [-0.15, -0.1) is 0 Å². The highest BCUT2D eigenvalue weighted by Gasteiger charge is 2.19. The molecule has 1 aromatic rings. The van der Waals surface area contributed by atoms with E-state index in [2.05, 4.69) is 5.32 Å². The van der Waals surface area contributed by atoms with Gasteiger partial charge in [-0.05, 0) is 18.6 Å². The number of amides is 1. The van der Waals surface area contributed by atoms with E-state index in [-0.39, 0.29) is 12.2 Å². The molecule has 2 atom stereocenters. The Morgan fingerprint density at radius 2 is 2.00 bits per heavy atom. The summed E-state index contributed by atoms with van der Waals surface area (Å²) in [4.78, 5) is 23.4. The second-order valence-electron chi connectivity index (χ2n) is 5.35. The number of carbonyl (C=O) groups is 2. The molecule has 1 aliphatic rings. The fourth-order valence-electron chi connectivity index (χ4n) is 2.28. The zero-order valence-electron chi connectivity index (χ0n) is 13.4. The first-order chi connectivity index (χ1) is 11.5. The van der Waals surface area contributed by atoms with Crippen molar-refractivity contribution in [2.24, 2.45) is 0 Å². The minimum absolute atomic E-state index is 0.00541. The van der Waals surface area contributed by atoms with Crippen LogP contribution in [0.3, 0.4) is 0 Å². The van der Waals surface area contributed by atoms with Gasteiger partial charge in [0.2, 0.25) is 5.91 Å². The summed E-state index contributed by atoms with van der Waals surface area (Å²) in [6.45, 7) is 2.77. The number of nitrogens with one attached hydrogen (secondary N) is 1. The van der Waals surface area contributed by atoms with Gasteiger partial charge in [-0.1, -0.05) is 13.3 Å². The van der Waals surface area contributed by atoms with Gasteiger partial charge in [0.25, 0.3) is 0 Å². The molecule has 1 heterocycles. The zero-order chi connectivity index (χ0) is 17.5. The normalized spacial score (nSPS) is 15.4. The fraction of sp³-hybridized carbons (Fsp3) is 0.500. The Hall–Kier alpha value is -2.09. The van der Waals surface area contributed by atoms with Crippen LogP contribution in [0.1, 0.15) is 26.2 Å². The fourth-order valence-corrected chi connectivity index (χ4v) is 3.35. The maximum atomic E-state index is 12.3. The lowest BCUT2D eigenvalue weighted by Crippen LogP contribution is -2.41. The number of carboxylic acid groups (broad SMARTS) is 1. The predicted octanol–water partition coefficient (Wildman–Crippen LogP) is 1.32. The van der Waals surface area contributed by atoms with Crippen molar-refractivity contribution in [1.29, 1.82) is 0 Å². The Morgan fingerprint density at radius 3 is 2.67 bits per heavy atom. The van der Waals surface area contributed by atoms with Crippen LogP contribution in [0.2, 0.25) is 0 Å². The first-order valence-electron chi connectivity index (χ1n) is 7.81. The van der Waals surface area contributed by atoms with E-state index in [9.17, 15) is 13.8 Å². The minimum atomic E-state index is -1.38. The van der Waals surface area contributed by atoms with E-state index in [1.54, 1.807) is 18.2 Å². The minimum Gasteiger partial charge on any atom is -0.486 e. The number of carboxylic acids is 1. The van der Waals surface area contributed by atoms with E-state index in [4.69, 9.17) is 14.6 Å². The van der Waals surface area contributed by atoms with Crippen molar-refractivity contribution in [1.82, 2.24) is 5.32 Å². The lowest BCUT2D eigenvalue weighted by molar-refractivity contribution is -0.142. The Balaban J connectivity index is 1.88. The van der Waals surface area contributed by atoms with Crippen molar-refractivity contribution >= 4 is 22.7 Å². The van der Waals surface area contributed by atoms with Crippen LogP contribution in [0.5, 0.6) is 11.5 Å². The molecule has 2 rings (SSSR count). The van der Waals surface area contributed by atoms with Crippen molar-refractivity contribution in [3.63, 3.8) is 0 Å². The first-order valence-corrected chi connectivity index (χ1v) is 9.13. The van der Waals surface area contributed by atoms with Crippen LogP contribution >= 0.6 is 0 Å². The highest BCUT2D eigenvalue weighted by Crippen LogP contribution is 2.31. The van der Waals surface area contributed by atoms with Crippen molar-refractivity contribution in [3.8, 4) is 11.5 Å². The Kier molecular flexibility index (Phi) is 6.60. The molecule has 24 heavy (non-hydrogen) atoms. The van der Waals surface area contributed by atoms with E-state index < -0.39 is 28.7 Å². The summed E-state index contributed by atoms with van der Waals surface area (Å²) < 4.78 is 23.1. The molecule has 0 fully saturated rings. The van der Waals surface area contributed by atoms with Crippen LogP contribution in [-0.2, 0) is 20.4 Å². The number of hydrogen-bond donors (Lipinski definition) is 2. The van der Waals surface area contributed by atoms with E-state index in [0.717, 1.165) is 0 Å². The third kappa shape index (κ3) is 4.95. The standard InChI is InChI=1S/C16H21NO6S/c1-2-3-12(16(19)20)17-15(18)6-9-24(21)11-4-5-13-14(10-11)23-8-7-22-13/h4-5,10,12H,2-3,6-9H2,1H3,(H,17,18)(H,19,20). The van der Waals surface area contributed by atoms with Crippen LogP contribution in [-0.4, -0.2) is 46.2 Å². The average Bonchev–Trinajstić information content (AvgIpc) is 2.58. The summed E-state index contributed by atoms with van der Waals surface area (Å²) in [7, 11) is -1.38. The maximum Gasteiger partial charge on any atom is 0.326 e. The summed E-state index contributed by atoms with van der Waals surface area (Å²) in [6.07, 6.45) is 1.02. The maximum absolute atomic E-state index is 12.3. The van der Waals surface area contributed by atoms with Crippen molar-refractivity contribution in [3.05, 3.63) is 18.2 Å². The zero-order valence-corrected chi connectivity index (χ0v) is 14.3. The SMILES string of the molecule is CCCC(NC(=O)CCS(=O)c1ccc2c(c1)OCCO2)C(=O)O. The van der Waals surface area contributed by atoms with Gasteiger partial charge >= 0.3 is 5.97 Å². The number of rotatable bonds is 8. The second kappa shape index (κ2) is 8.68. The molecule has 0 aliphatic carbocycles. The lowest BCUT2D eigenvalue weighted by Gasteiger charge is -2.18. The number of benzene rings is 1. The van der Waals surface area contributed by atoms with Crippen LogP contribution in [0.25, 0.3) is 0 Å². The van der Waals surface area contributed by atoms with Gasteiger partial charge in [0.05, 0.1) is 10.8 Å².